The van der Waals surface area contributed by atoms with Crippen molar-refractivity contribution in [3.8, 4) is 0 Å². The molecular formula is C12H18BrN3. The van der Waals surface area contributed by atoms with E-state index in [2.05, 4.69) is 38.8 Å². The topological polar surface area (TPSA) is 42.2 Å². The maximum atomic E-state index is 5.82. The molecule has 2 rings (SSSR count). The zero-order valence-corrected chi connectivity index (χ0v) is 11.2. The van der Waals surface area contributed by atoms with Gasteiger partial charge in [-0.15, -0.1) is 0 Å². The first-order valence-electron chi connectivity index (χ1n) is 5.77. The van der Waals surface area contributed by atoms with Crippen LogP contribution in [0.2, 0.25) is 0 Å². The number of aromatic nitrogens is 1. The van der Waals surface area contributed by atoms with Crippen molar-refractivity contribution < 1.29 is 0 Å². The van der Waals surface area contributed by atoms with Crippen molar-refractivity contribution in [1.29, 1.82) is 0 Å². The number of halogens is 1. The van der Waals surface area contributed by atoms with Crippen LogP contribution >= 0.6 is 15.9 Å². The summed E-state index contributed by atoms with van der Waals surface area (Å²) in [5, 5.41) is 0. The van der Waals surface area contributed by atoms with E-state index < -0.39 is 0 Å². The highest BCUT2D eigenvalue weighted by Crippen LogP contribution is 2.30. The number of pyridine rings is 1. The molecule has 2 heterocycles. The van der Waals surface area contributed by atoms with E-state index in [-0.39, 0.29) is 0 Å². The van der Waals surface area contributed by atoms with Crippen molar-refractivity contribution >= 4 is 21.6 Å². The first-order chi connectivity index (χ1) is 7.72. The molecule has 0 spiro atoms. The lowest BCUT2D eigenvalue weighted by Gasteiger charge is -2.38. The van der Waals surface area contributed by atoms with Gasteiger partial charge in [0.1, 0.15) is 0 Å². The maximum absolute atomic E-state index is 5.82. The number of hydrogen-bond acceptors (Lipinski definition) is 3. The largest absolute Gasteiger partial charge is 0.370 e. The van der Waals surface area contributed by atoms with E-state index in [1.54, 1.807) is 0 Å². The van der Waals surface area contributed by atoms with Crippen LogP contribution in [-0.2, 0) is 0 Å². The Labute approximate surface area is 105 Å². The van der Waals surface area contributed by atoms with Gasteiger partial charge in [-0.05, 0) is 46.8 Å². The molecule has 0 bridgehead atoms. The van der Waals surface area contributed by atoms with E-state index in [9.17, 15) is 0 Å². The Hall–Kier alpha value is -0.610. The van der Waals surface area contributed by atoms with Crippen LogP contribution in [0.5, 0.6) is 0 Å². The van der Waals surface area contributed by atoms with Crippen molar-refractivity contribution in [1.82, 2.24) is 4.98 Å². The molecule has 1 saturated heterocycles. The minimum absolute atomic E-state index is 0.605. The molecular weight excluding hydrogens is 266 g/mol. The van der Waals surface area contributed by atoms with E-state index in [1.165, 1.54) is 12.1 Å². The Kier molecular flexibility index (Phi) is 3.82. The Morgan fingerprint density at radius 1 is 1.62 bits per heavy atom. The normalized spacial score (nSPS) is 25.8. The second-order valence-corrected chi connectivity index (χ2v) is 5.39. The van der Waals surface area contributed by atoms with Crippen molar-refractivity contribution in [3.05, 3.63) is 22.9 Å². The van der Waals surface area contributed by atoms with E-state index >= 15 is 0 Å². The monoisotopic (exact) mass is 283 g/mol. The van der Waals surface area contributed by atoms with Crippen LogP contribution in [0, 0.1) is 11.8 Å². The average molecular weight is 284 g/mol. The third kappa shape index (κ3) is 2.38. The van der Waals surface area contributed by atoms with Crippen LogP contribution in [0.4, 0.5) is 5.69 Å². The van der Waals surface area contributed by atoms with Crippen molar-refractivity contribution in [2.75, 3.05) is 24.5 Å². The van der Waals surface area contributed by atoms with Gasteiger partial charge in [0, 0.05) is 25.5 Å². The van der Waals surface area contributed by atoms with E-state index in [0.717, 1.165) is 30.0 Å². The van der Waals surface area contributed by atoms with E-state index in [0.29, 0.717) is 5.92 Å². The zero-order chi connectivity index (χ0) is 11.5. The highest BCUT2D eigenvalue weighted by molar-refractivity contribution is 9.10. The molecule has 88 valence electrons. The van der Waals surface area contributed by atoms with Crippen molar-refractivity contribution in [3.63, 3.8) is 0 Å². The lowest BCUT2D eigenvalue weighted by molar-refractivity contribution is 0.307. The summed E-state index contributed by atoms with van der Waals surface area (Å²) >= 11 is 3.55. The second kappa shape index (κ2) is 5.15. The fourth-order valence-electron chi connectivity index (χ4n) is 2.30. The molecule has 0 aliphatic carbocycles. The molecule has 0 radical (unpaired) electrons. The Bertz CT molecular complexity index is 356. The molecule has 0 amide bonds. The molecule has 0 saturated carbocycles. The molecule has 2 N–H and O–H groups in total. The zero-order valence-electron chi connectivity index (χ0n) is 9.56. The number of nitrogens with zero attached hydrogens (tertiary/aromatic N) is 2. The summed E-state index contributed by atoms with van der Waals surface area (Å²) in [6.07, 6.45) is 4.91. The molecule has 2 atom stereocenters. The van der Waals surface area contributed by atoms with Gasteiger partial charge in [0.05, 0.1) is 10.2 Å². The standard InChI is InChI=1S/C12H18BrN3/c1-9-3-5-16(8-10(9)6-14)12-2-4-15-7-11(12)13/h2,4,7,9-10H,3,5-6,8,14H2,1H3. The third-order valence-corrected chi connectivity index (χ3v) is 4.12. The molecule has 4 heteroatoms. The summed E-state index contributed by atoms with van der Waals surface area (Å²) in [6.45, 7) is 5.25. The molecule has 0 aromatic carbocycles. The number of anilines is 1. The van der Waals surface area contributed by atoms with Gasteiger partial charge in [0.15, 0.2) is 0 Å². The van der Waals surface area contributed by atoms with Gasteiger partial charge in [-0.25, -0.2) is 0 Å². The molecule has 1 aliphatic heterocycles. The molecule has 1 aliphatic rings. The van der Waals surface area contributed by atoms with Gasteiger partial charge in [-0.1, -0.05) is 6.92 Å². The summed E-state index contributed by atoms with van der Waals surface area (Å²) in [6, 6.07) is 2.06. The molecule has 3 nitrogen and oxygen atoms in total. The van der Waals surface area contributed by atoms with Gasteiger partial charge in [0.2, 0.25) is 0 Å². The molecule has 1 aromatic rings. The first-order valence-corrected chi connectivity index (χ1v) is 6.56. The van der Waals surface area contributed by atoms with Gasteiger partial charge in [-0.3, -0.25) is 4.98 Å². The van der Waals surface area contributed by atoms with Crippen LogP contribution in [-0.4, -0.2) is 24.6 Å². The quantitative estimate of drug-likeness (QED) is 0.906. The van der Waals surface area contributed by atoms with Crippen LogP contribution in [0.3, 0.4) is 0 Å². The summed E-state index contributed by atoms with van der Waals surface area (Å²) in [5.74, 6) is 1.34. The van der Waals surface area contributed by atoms with Crippen LogP contribution < -0.4 is 10.6 Å². The average Bonchev–Trinajstić information content (AvgIpc) is 2.31. The number of hydrogen-bond donors (Lipinski definition) is 1. The van der Waals surface area contributed by atoms with Crippen LogP contribution in [0.1, 0.15) is 13.3 Å². The fourth-order valence-corrected chi connectivity index (χ4v) is 2.80. The molecule has 1 aromatic heterocycles. The number of rotatable bonds is 2. The lowest BCUT2D eigenvalue weighted by atomic mass is 9.87. The van der Waals surface area contributed by atoms with E-state index in [1.807, 2.05) is 12.4 Å². The minimum Gasteiger partial charge on any atom is -0.370 e. The molecule has 16 heavy (non-hydrogen) atoms. The molecule has 2 unspecified atom stereocenters. The lowest BCUT2D eigenvalue weighted by Crippen LogP contribution is -2.42. The first kappa shape index (κ1) is 11.9. The minimum atomic E-state index is 0.605. The Morgan fingerprint density at radius 3 is 3.12 bits per heavy atom. The van der Waals surface area contributed by atoms with Crippen LogP contribution in [0.25, 0.3) is 0 Å². The Morgan fingerprint density at radius 2 is 2.44 bits per heavy atom. The summed E-state index contributed by atoms with van der Waals surface area (Å²) in [5.41, 5.74) is 7.06. The summed E-state index contributed by atoms with van der Waals surface area (Å²) in [4.78, 5) is 6.50. The summed E-state index contributed by atoms with van der Waals surface area (Å²) < 4.78 is 1.07. The highest BCUT2D eigenvalue weighted by Gasteiger charge is 2.25. The predicted octanol–water partition coefficient (Wildman–Crippen LogP) is 2.27. The number of piperidine rings is 1. The SMILES string of the molecule is CC1CCN(c2ccncc2Br)CC1CN. The predicted molar refractivity (Wildman–Crippen MR) is 70.5 cm³/mol. The smallest absolute Gasteiger partial charge is 0.0592 e. The number of nitrogens with two attached hydrogens (primary N) is 1. The third-order valence-electron chi connectivity index (χ3n) is 3.51. The van der Waals surface area contributed by atoms with E-state index in [4.69, 9.17) is 5.73 Å². The van der Waals surface area contributed by atoms with Crippen molar-refractivity contribution in [2.45, 2.75) is 13.3 Å². The van der Waals surface area contributed by atoms with Gasteiger partial charge >= 0.3 is 0 Å². The van der Waals surface area contributed by atoms with Gasteiger partial charge in [-0.2, -0.15) is 0 Å². The maximum Gasteiger partial charge on any atom is 0.0592 e. The highest BCUT2D eigenvalue weighted by atomic mass is 79.9. The second-order valence-electron chi connectivity index (χ2n) is 4.53. The van der Waals surface area contributed by atoms with Gasteiger partial charge < -0.3 is 10.6 Å². The fraction of sp³-hybridized carbons (Fsp3) is 0.583. The van der Waals surface area contributed by atoms with Crippen LogP contribution in [0.15, 0.2) is 22.9 Å². The summed E-state index contributed by atoms with van der Waals surface area (Å²) in [7, 11) is 0. The molecule has 1 fully saturated rings. The van der Waals surface area contributed by atoms with Gasteiger partial charge in [0.25, 0.3) is 0 Å². The van der Waals surface area contributed by atoms with Crippen molar-refractivity contribution in [2.24, 2.45) is 17.6 Å². The Balaban J connectivity index is 2.14.